The van der Waals surface area contributed by atoms with Gasteiger partial charge in [0, 0.05) is 17.3 Å². The Morgan fingerprint density at radius 2 is 1.82 bits per heavy atom. The zero-order valence-electron chi connectivity index (χ0n) is 16.8. The Morgan fingerprint density at radius 1 is 1.04 bits per heavy atom. The monoisotopic (exact) mass is 381 g/mol. The summed E-state index contributed by atoms with van der Waals surface area (Å²) >= 11 is 0. The minimum absolute atomic E-state index is 0.00298. The number of nitrogens with zero attached hydrogens (tertiary/aromatic N) is 7. The number of rotatable bonds is 4. The molecule has 0 unspecified atom stereocenters. The minimum atomic E-state index is 0.00298. The smallest absolute Gasteiger partial charge is 0.229 e. The molecule has 148 valence electrons. The molecule has 0 N–H and O–H groups in total. The molecule has 1 aliphatic heterocycles. The molecule has 5 rings (SSSR count). The van der Waals surface area contributed by atoms with E-state index in [1.807, 2.05) is 10.6 Å². The molecule has 2 aliphatic rings. The summed E-state index contributed by atoms with van der Waals surface area (Å²) in [5, 5.41) is 17.8. The fourth-order valence-electron chi connectivity index (χ4n) is 3.84. The zero-order valence-corrected chi connectivity index (χ0v) is 16.8. The van der Waals surface area contributed by atoms with Crippen LogP contribution in [-0.4, -0.2) is 47.9 Å². The van der Waals surface area contributed by atoms with Crippen LogP contribution in [0.5, 0.6) is 0 Å². The third kappa shape index (κ3) is 3.41. The summed E-state index contributed by atoms with van der Waals surface area (Å²) < 4.78 is 7.33. The highest BCUT2D eigenvalue weighted by molar-refractivity contribution is 5.37. The van der Waals surface area contributed by atoms with Gasteiger partial charge in [-0.3, -0.25) is 4.90 Å². The molecule has 28 heavy (non-hydrogen) atoms. The van der Waals surface area contributed by atoms with Crippen molar-refractivity contribution in [2.75, 3.05) is 13.1 Å². The molecule has 0 amide bonds. The van der Waals surface area contributed by atoms with Crippen molar-refractivity contribution in [2.45, 2.75) is 70.3 Å². The van der Waals surface area contributed by atoms with Crippen LogP contribution in [-0.2, 0) is 12.0 Å². The summed E-state index contributed by atoms with van der Waals surface area (Å²) in [5.41, 5.74) is 1.88. The minimum Gasteiger partial charge on any atom is -0.339 e. The molecule has 8 heteroatoms. The van der Waals surface area contributed by atoms with Crippen molar-refractivity contribution in [2.24, 2.45) is 0 Å². The average Bonchev–Trinajstić information content (AvgIpc) is 3.27. The van der Waals surface area contributed by atoms with Gasteiger partial charge in [-0.2, -0.15) is 14.6 Å². The Morgan fingerprint density at radius 3 is 2.54 bits per heavy atom. The highest BCUT2D eigenvalue weighted by atomic mass is 16.5. The van der Waals surface area contributed by atoms with Crippen LogP contribution in [0.2, 0.25) is 0 Å². The number of aromatic nitrogens is 6. The summed E-state index contributed by atoms with van der Waals surface area (Å²) in [7, 11) is 0. The molecule has 3 aromatic rings. The molecular weight excluding hydrogens is 354 g/mol. The second-order valence-corrected chi connectivity index (χ2v) is 9.17. The van der Waals surface area contributed by atoms with Crippen LogP contribution >= 0.6 is 0 Å². The second kappa shape index (κ2) is 6.62. The second-order valence-electron chi connectivity index (χ2n) is 9.17. The maximum Gasteiger partial charge on any atom is 0.229 e. The Labute approximate surface area is 164 Å². The van der Waals surface area contributed by atoms with E-state index < -0.39 is 0 Å². The van der Waals surface area contributed by atoms with Gasteiger partial charge in [-0.25, -0.2) is 0 Å². The lowest BCUT2D eigenvalue weighted by Gasteiger charge is -2.30. The molecular formula is C20H27N7O. The predicted molar refractivity (Wildman–Crippen MR) is 103 cm³/mol. The number of piperidine rings is 1. The summed E-state index contributed by atoms with van der Waals surface area (Å²) in [4.78, 5) is 6.95. The predicted octanol–water partition coefficient (Wildman–Crippen LogP) is 3.06. The van der Waals surface area contributed by atoms with Gasteiger partial charge in [-0.05, 0) is 50.9 Å². The van der Waals surface area contributed by atoms with Gasteiger partial charge in [0.2, 0.25) is 5.89 Å². The topological polar surface area (TPSA) is 85.2 Å². The number of hydrogen-bond donors (Lipinski definition) is 0. The van der Waals surface area contributed by atoms with Gasteiger partial charge in [0.05, 0.1) is 12.2 Å². The third-order valence-corrected chi connectivity index (χ3v) is 5.78. The van der Waals surface area contributed by atoms with E-state index in [2.05, 4.69) is 52.1 Å². The van der Waals surface area contributed by atoms with E-state index >= 15 is 0 Å². The highest BCUT2D eigenvalue weighted by Crippen LogP contribution is 2.39. The number of fused-ring (bicyclic) bond motifs is 1. The van der Waals surface area contributed by atoms with E-state index in [-0.39, 0.29) is 5.41 Å². The van der Waals surface area contributed by atoms with Crippen LogP contribution in [0.25, 0.3) is 5.65 Å². The van der Waals surface area contributed by atoms with E-state index in [0.717, 1.165) is 61.4 Å². The first-order valence-corrected chi connectivity index (χ1v) is 10.2. The van der Waals surface area contributed by atoms with Crippen molar-refractivity contribution in [3.05, 3.63) is 35.4 Å². The molecule has 3 aromatic heterocycles. The maximum atomic E-state index is 5.38. The zero-order chi connectivity index (χ0) is 19.3. The van der Waals surface area contributed by atoms with E-state index in [4.69, 9.17) is 9.62 Å². The Kier molecular flexibility index (Phi) is 4.19. The summed E-state index contributed by atoms with van der Waals surface area (Å²) in [6.45, 7) is 9.27. The van der Waals surface area contributed by atoms with Crippen LogP contribution in [0, 0.1) is 0 Å². The first-order chi connectivity index (χ1) is 13.5. The fraction of sp³-hybridized carbons (Fsp3) is 0.650. The van der Waals surface area contributed by atoms with Crippen LogP contribution in [0.3, 0.4) is 0 Å². The van der Waals surface area contributed by atoms with Crippen LogP contribution in [0.1, 0.15) is 81.5 Å². The molecule has 0 bridgehead atoms. The molecule has 1 saturated carbocycles. The molecule has 0 radical (unpaired) electrons. The van der Waals surface area contributed by atoms with Gasteiger partial charge in [0.1, 0.15) is 0 Å². The molecule has 0 spiro atoms. The van der Waals surface area contributed by atoms with E-state index in [0.29, 0.717) is 11.8 Å². The van der Waals surface area contributed by atoms with Gasteiger partial charge in [-0.15, -0.1) is 10.2 Å². The number of likely N-dealkylation sites (tertiary alicyclic amines) is 1. The lowest BCUT2D eigenvalue weighted by atomic mass is 9.92. The van der Waals surface area contributed by atoms with E-state index in [1.165, 1.54) is 12.8 Å². The van der Waals surface area contributed by atoms with Gasteiger partial charge < -0.3 is 4.52 Å². The van der Waals surface area contributed by atoms with Crippen LogP contribution < -0.4 is 0 Å². The Bertz CT molecular complexity index is 974. The quantitative estimate of drug-likeness (QED) is 0.686. The third-order valence-electron chi connectivity index (χ3n) is 5.78. The molecule has 2 fully saturated rings. The largest absolute Gasteiger partial charge is 0.339 e. The van der Waals surface area contributed by atoms with Gasteiger partial charge in [0.25, 0.3) is 0 Å². The van der Waals surface area contributed by atoms with Crippen molar-refractivity contribution < 1.29 is 4.52 Å². The van der Waals surface area contributed by atoms with Crippen molar-refractivity contribution in [3.63, 3.8) is 0 Å². The summed E-state index contributed by atoms with van der Waals surface area (Å²) in [6.07, 6.45) is 4.44. The SMILES string of the molecule is CC(C)(C)c1ccc2nnc(C3CCN(Cc4noc(C5CC5)n4)CC3)n2n1. The highest BCUT2D eigenvalue weighted by Gasteiger charge is 2.31. The van der Waals surface area contributed by atoms with Gasteiger partial charge in [0.15, 0.2) is 17.3 Å². The molecule has 4 heterocycles. The average molecular weight is 381 g/mol. The first kappa shape index (κ1) is 17.7. The van der Waals surface area contributed by atoms with Crippen LogP contribution in [0.15, 0.2) is 16.7 Å². The maximum absolute atomic E-state index is 5.38. The van der Waals surface area contributed by atoms with Crippen LogP contribution in [0.4, 0.5) is 0 Å². The Balaban J connectivity index is 1.27. The van der Waals surface area contributed by atoms with E-state index in [9.17, 15) is 0 Å². The first-order valence-electron chi connectivity index (χ1n) is 10.2. The molecule has 0 aromatic carbocycles. The standard InChI is InChI=1S/C20H27N7O/c1-20(2,3)15-6-7-17-22-23-18(27(17)24-15)13-8-10-26(11-9-13)12-16-21-19(28-25-16)14-4-5-14/h6-7,13-14H,4-5,8-12H2,1-3H3. The van der Waals surface area contributed by atoms with Crippen molar-refractivity contribution in [1.29, 1.82) is 0 Å². The Hall–Kier alpha value is -2.35. The molecule has 1 saturated heterocycles. The normalized spacial score (nSPS) is 19.5. The van der Waals surface area contributed by atoms with Crippen molar-refractivity contribution in [3.8, 4) is 0 Å². The fourth-order valence-corrected chi connectivity index (χ4v) is 3.84. The van der Waals surface area contributed by atoms with Crippen molar-refractivity contribution >= 4 is 5.65 Å². The number of hydrogen-bond acceptors (Lipinski definition) is 7. The van der Waals surface area contributed by atoms with Gasteiger partial charge in [-0.1, -0.05) is 25.9 Å². The molecule has 1 aliphatic carbocycles. The lowest BCUT2D eigenvalue weighted by molar-refractivity contribution is 0.194. The summed E-state index contributed by atoms with van der Waals surface area (Å²) in [6, 6.07) is 4.07. The summed E-state index contributed by atoms with van der Waals surface area (Å²) in [5.74, 6) is 3.50. The van der Waals surface area contributed by atoms with Gasteiger partial charge >= 0.3 is 0 Å². The van der Waals surface area contributed by atoms with E-state index in [1.54, 1.807) is 0 Å². The lowest BCUT2D eigenvalue weighted by Crippen LogP contribution is -2.33. The molecule has 0 atom stereocenters. The molecule has 8 nitrogen and oxygen atoms in total. The van der Waals surface area contributed by atoms with Crippen molar-refractivity contribution in [1.82, 2.24) is 34.9 Å².